The van der Waals surface area contributed by atoms with Gasteiger partial charge >= 0.3 is 11.9 Å². The summed E-state index contributed by atoms with van der Waals surface area (Å²) in [5.41, 5.74) is 5.80. The van der Waals surface area contributed by atoms with Crippen LogP contribution in [0.4, 0.5) is 11.6 Å². The van der Waals surface area contributed by atoms with Crippen molar-refractivity contribution in [3.63, 3.8) is 0 Å². The van der Waals surface area contributed by atoms with Crippen LogP contribution in [0.5, 0.6) is 0 Å². The molecule has 0 aliphatic rings. The zero-order chi connectivity index (χ0) is 18.4. The number of furan rings is 1. The third-order valence-corrected chi connectivity index (χ3v) is 2.78. The first-order valence-corrected chi connectivity index (χ1v) is 6.58. The zero-order valence-electron chi connectivity index (χ0n) is 12.4. The van der Waals surface area contributed by atoms with Crippen LogP contribution in [0.1, 0.15) is 11.3 Å². The molecule has 0 unspecified atom stereocenters. The molecule has 2 rings (SSSR count). The molecule has 128 valence electrons. The number of benzene rings is 1. The fourth-order valence-corrected chi connectivity index (χ4v) is 1.61. The molecule has 0 radical (unpaired) electrons. The summed E-state index contributed by atoms with van der Waals surface area (Å²) in [5.74, 6) is -1.45. The van der Waals surface area contributed by atoms with Gasteiger partial charge in [0.25, 0.3) is 5.69 Å². The number of nitrogens with two attached hydrogens (primary N) is 1. The first kappa shape index (κ1) is 17.3. The number of nitro groups is 2. The lowest BCUT2D eigenvalue weighted by Crippen LogP contribution is -2.14. The minimum absolute atomic E-state index is 0.0796. The van der Waals surface area contributed by atoms with Crippen molar-refractivity contribution < 1.29 is 23.9 Å². The second kappa shape index (κ2) is 7.50. The van der Waals surface area contributed by atoms with E-state index in [0.29, 0.717) is 5.56 Å². The Morgan fingerprint density at radius 3 is 2.36 bits per heavy atom. The van der Waals surface area contributed by atoms with Crippen LogP contribution in [-0.4, -0.2) is 21.7 Å². The van der Waals surface area contributed by atoms with Crippen LogP contribution in [0.2, 0.25) is 0 Å². The lowest BCUT2D eigenvalue weighted by Gasteiger charge is -1.99. The molecule has 2 N–H and O–H groups in total. The van der Waals surface area contributed by atoms with Crippen molar-refractivity contribution >= 4 is 29.5 Å². The number of hydrogen-bond donors (Lipinski definition) is 1. The zero-order valence-corrected chi connectivity index (χ0v) is 12.4. The van der Waals surface area contributed by atoms with Gasteiger partial charge in [0.15, 0.2) is 5.84 Å². The van der Waals surface area contributed by atoms with Gasteiger partial charge in [-0.15, -0.1) is 0 Å². The Morgan fingerprint density at radius 1 is 1.12 bits per heavy atom. The van der Waals surface area contributed by atoms with E-state index in [1.165, 1.54) is 30.3 Å². The molecule has 11 heteroatoms. The van der Waals surface area contributed by atoms with Crippen molar-refractivity contribution in [1.29, 1.82) is 0 Å². The number of nitro benzene ring substituents is 1. The van der Waals surface area contributed by atoms with Gasteiger partial charge in [-0.3, -0.25) is 20.2 Å². The maximum absolute atomic E-state index is 11.5. The molecular weight excluding hydrogens is 336 g/mol. The van der Waals surface area contributed by atoms with Gasteiger partial charge < -0.3 is 15.0 Å². The fourth-order valence-electron chi connectivity index (χ4n) is 1.61. The predicted octanol–water partition coefficient (Wildman–Crippen LogP) is 1.97. The van der Waals surface area contributed by atoms with Crippen LogP contribution >= 0.6 is 0 Å². The summed E-state index contributed by atoms with van der Waals surface area (Å²) in [6.45, 7) is 0. The van der Waals surface area contributed by atoms with Crippen LogP contribution in [0.3, 0.4) is 0 Å². The van der Waals surface area contributed by atoms with Gasteiger partial charge in [-0.05, 0) is 24.3 Å². The van der Waals surface area contributed by atoms with Crippen LogP contribution < -0.4 is 5.73 Å². The van der Waals surface area contributed by atoms with E-state index in [0.717, 1.165) is 18.2 Å². The number of hydrogen-bond acceptors (Lipinski definition) is 8. The van der Waals surface area contributed by atoms with Gasteiger partial charge in [0.1, 0.15) is 10.7 Å². The van der Waals surface area contributed by atoms with Gasteiger partial charge in [-0.1, -0.05) is 5.16 Å². The van der Waals surface area contributed by atoms with E-state index < -0.39 is 21.7 Å². The van der Waals surface area contributed by atoms with E-state index in [-0.39, 0.29) is 17.3 Å². The molecular formula is C14H10N4O7. The van der Waals surface area contributed by atoms with E-state index in [2.05, 4.69) is 9.99 Å². The lowest BCUT2D eigenvalue weighted by atomic mass is 10.2. The molecule has 0 saturated heterocycles. The second-order valence-electron chi connectivity index (χ2n) is 4.46. The first-order chi connectivity index (χ1) is 11.9. The SMILES string of the molecule is N/C(=N\OC(=O)/C=C/c1ccc([N+](=O)[O-])o1)c1ccc([N+](=O)[O-])cc1. The number of carbonyl (C=O) groups excluding carboxylic acids is 1. The summed E-state index contributed by atoms with van der Waals surface area (Å²) in [6.07, 6.45) is 2.10. The monoisotopic (exact) mass is 346 g/mol. The van der Waals surface area contributed by atoms with Crippen molar-refractivity contribution in [3.8, 4) is 0 Å². The van der Waals surface area contributed by atoms with E-state index in [4.69, 9.17) is 10.2 Å². The van der Waals surface area contributed by atoms with Crippen LogP contribution in [0, 0.1) is 20.2 Å². The number of oxime groups is 1. The minimum Gasteiger partial charge on any atom is -0.401 e. The van der Waals surface area contributed by atoms with Gasteiger partial charge in [0.05, 0.1) is 11.0 Å². The van der Waals surface area contributed by atoms with Crippen molar-refractivity contribution in [2.24, 2.45) is 10.9 Å². The summed E-state index contributed by atoms with van der Waals surface area (Å²) in [7, 11) is 0. The average Bonchev–Trinajstić information content (AvgIpc) is 3.07. The largest absolute Gasteiger partial charge is 0.433 e. The Kier molecular flexibility index (Phi) is 5.20. The maximum Gasteiger partial charge on any atom is 0.433 e. The van der Waals surface area contributed by atoms with E-state index >= 15 is 0 Å². The average molecular weight is 346 g/mol. The predicted molar refractivity (Wildman–Crippen MR) is 84.3 cm³/mol. The van der Waals surface area contributed by atoms with Crippen LogP contribution in [0.25, 0.3) is 6.08 Å². The number of non-ortho nitro benzene ring substituents is 1. The van der Waals surface area contributed by atoms with Crippen molar-refractivity contribution in [2.45, 2.75) is 0 Å². The summed E-state index contributed by atoms with van der Waals surface area (Å²) in [4.78, 5) is 35.8. The second-order valence-corrected chi connectivity index (χ2v) is 4.46. The molecule has 11 nitrogen and oxygen atoms in total. The summed E-state index contributed by atoms with van der Waals surface area (Å²) >= 11 is 0. The highest BCUT2D eigenvalue weighted by molar-refractivity contribution is 5.98. The fraction of sp³-hybridized carbons (Fsp3) is 0. The molecule has 0 aliphatic heterocycles. The van der Waals surface area contributed by atoms with Gasteiger partial charge in [-0.25, -0.2) is 4.79 Å². The summed E-state index contributed by atoms with van der Waals surface area (Å²) < 4.78 is 4.81. The minimum atomic E-state index is -0.899. The van der Waals surface area contributed by atoms with Gasteiger partial charge in [0.2, 0.25) is 0 Å². The molecule has 1 aromatic heterocycles. The molecule has 0 spiro atoms. The summed E-state index contributed by atoms with van der Waals surface area (Å²) in [5, 5.41) is 24.4. The molecule has 2 aromatic rings. The lowest BCUT2D eigenvalue weighted by molar-refractivity contribution is -0.402. The Morgan fingerprint density at radius 2 is 1.80 bits per heavy atom. The Hall–Kier alpha value is -4.02. The quantitative estimate of drug-likeness (QED) is 0.207. The molecule has 0 fully saturated rings. The topological polar surface area (TPSA) is 164 Å². The van der Waals surface area contributed by atoms with Crippen LogP contribution in [0.15, 0.2) is 52.0 Å². The Bertz CT molecular complexity index is 868. The molecule has 0 bridgehead atoms. The summed E-state index contributed by atoms with van der Waals surface area (Å²) in [6, 6.07) is 7.59. The molecule has 0 aliphatic carbocycles. The van der Waals surface area contributed by atoms with E-state index in [1.807, 2.05) is 0 Å². The number of nitrogens with zero attached hydrogens (tertiary/aromatic N) is 3. The standard InChI is InChI=1S/C14H10N4O7/c15-14(9-1-3-10(4-2-9)17(20)21)16-25-13(19)8-6-11-5-7-12(24-11)18(22)23/h1-8H,(H2,15,16)/b8-6+. The Labute approximate surface area is 139 Å². The van der Waals surface area contributed by atoms with E-state index in [9.17, 15) is 25.0 Å². The number of rotatable bonds is 6. The molecule has 1 heterocycles. The highest BCUT2D eigenvalue weighted by Gasteiger charge is 2.10. The van der Waals surface area contributed by atoms with Crippen molar-refractivity contribution in [2.75, 3.05) is 0 Å². The highest BCUT2D eigenvalue weighted by atomic mass is 16.7. The molecule has 25 heavy (non-hydrogen) atoms. The number of amidine groups is 1. The molecule has 1 aromatic carbocycles. The third kappa shape index (κ3) is 4.72. The van der Waals surface area contributed by atoms with Crippen molar-refractivity contribution in [3.05, 3.63) is 74.0 Å². The highest BCUT2D eigenvalue weighted by Crippen LogP contribution is 2.16. The van der Waals surface area contributed by atoms with Gasteiger partial charge in [0, 0.05) is 23.8 Å². The maximum atomic E-state index is 11.5. The normalized spacial score (nSPS) is 11.4. The van der Waals surface area contributed by atoms with E-state index in [1.54, 1.807) is 0 Å². The number of carbonyl (C=O) groups is 1. The third-order valence-electron chi connectivity index (χ3n) is 2.78. The molecule has 0 saturated carbocycles. The Balaban J connectivity index is 1.97. The van der Waals surface area contributed by atoms with Gasteiger partial charge in [-0.2, -0.15) is 0 Å². The smallest absolute Gasteiger partial charge is 0.401 e. The molecule has 0 amide bonds. The first-order valence-electron chi connectivity index (χ1n) is 6.58. The van der Waals surface area contributed by atoms with Crippen molar-refractivity contribution in [1.82, 2.24) is 0 Å². The van der Waals surface area contributed by atoms with Crippen LogP contribution in [-0.2, 0) is 9.63 Å². The molecule has 0 atom stereocenters.